The van der Waals surface area contributed by atoms with Crippen molar-refractivity contribution >= 4 is 65.4 Å². The van der Waals surface area contributed by atoms with Gasteiger partial charge in [-0.15, -0.1) is 12.8 Å². The Bertz CT molecular complexity index is 2550. The Morgan fingerprint density at radius 2 is 0.818 bits per heavy atom. The molecule has 0 aliphatic rings. The predicted molar refractivity (Wildman–Crippen MR) is 183 cm³/mol. The third-order valence-electron chi connectivity index (χ3n) is 8.84. The van der Waals surface area contributed by atoms with Crippen LogP contribution in [-0.4, -0.2) is 0 Å². The Morgan fingerprint density at radius 3 is 1.27 bits per heavy atom. The Labute approximate surface area is 253 Å². The molecule has 2 heteroatoms. The molecule has 0 saturated heterocycles. The number of furan rings is 2. The highest BCUT2D eigenvalue weighted by molar-refractivity contribution is 6.15. The molecule has 0 amide bonds. The van der Waals surface area contributed by atoms with Crippen molar-refractivity contribution in [3.63, 3.8) is 0 Å². The third kappa shape index (κ3) is 3.34. The molecule has 2 heterocycles. The molecule has 0 saturated carbocycles. The second kappa shape index (κ2) is 9.14. The zero-order valence-electron chi connectivity index (χ0n) is 23.5. The number of terminal acetylenes is 2. The van der Waals surface area contributed by atoms with Crippen LogP contribution in [0, 0.1) is 24.7 Å². The zero-order valence-corrected chi connectivity index (χ0v) is 23.5. The van der Waals surface area contributed by atoms with Crippen LogP contribution in [-0.2, 0) is 0 Å². The number of hydrogen-bond acceptors (Lipinski definition) is 2. The molecule has 0 spiro atoms. The predicted octanol–water partition coefficient (Wildman–Crippen LogP) is 11.1. The van der Waals surface area contributed by atoms with Gasteiger partial charge in [-0.1, -0.05) is 109 Å². The van der Waals surface area contributed by atoms with Crippen molar-refractivity contribution in [1.29, 1.82) is 0 Å². The summed E-state index contributed by atoms with van der Waals surface area (Å²) in [5, 5.41) is 8.18. The summed E-state index contributed by atoms with van der Waals surface area (Å²) in [4.78, 5) is 0. The van der Waals surface area contributed by atoms with Crippen molar-refractivity contribution in [2.24, 2.45) is 0 Å². The van der Waals surface area contributed by atoms with Gasteiger partial charge in [0.1, 0.15) is 22.3 Å². The number of fused-ring (bicyclic) bond motifs is 8. The molecule has 0 unspecified atom stereocenters. The Hall–Kier alpha value is -6.22. The third-order valence-corrected chi connectivity index (χ3v) is 8.84. The Kier molecular flexibility index (Phi) is 5.06. The van der Waals surface area contributed by atoms with Gasteiger partial charge < -0.3 is 8.83 Å². The number of hydrogen-bond donors (Lipinski definition) is 0. The summed E-state index contributed by atoms with van der Waals surface area (Å²) in [7, 11) is 0. The second-order valence-corrected chi connectivity index (χ2v) is 11.1. The van der Waals surface area contributed by atoms with E-state index in [9.17, 15) is 0 Å². The maximum absolute atomic E-state index is 6.35. The van der Waals surface area contributed by atoms with Crippen molar-refractivity contribution in [2.75, 3.05) is 0 Å². The molecule has 202 valence electrons. The van der Waals surface area contributed by atoms with E-state index in [2.05, 4.69) is 96.8 Å². The minimum Gasteiger partial charge on any atom is -0.455 e. The van der Waals surface area contributed by atoms with Crippen LogP contribution in [0.2, 0.25) is 0 Å². The first-order valence-corrected chi connectivity index (χ1v) is 14.5. The van der Waals surface area contributed by atoms with Crippen molar-refractivity contribution in [3.05, 3.63) is 132 Å². The minimum atomic E-state index is 0.820. The van der Waals surface area contributed by atoms with Crippen LogP contribution in [0.1, 0.15) is 11.1 Å². The standard InChI is InChI=1S/C42H22O2/c1-3-27-31-21-19-26(30-14-10-16-36-34-12-6-8-18-40(34)44-42(30)36)24-38(31)28(4-2)32-22-20-25(23-37(27)32)29-13-9-15-35-33-11-5-7-17-39(33)43-41(29)35/h1-2,5-24H. The Balaban J connectivity index is 1.28. The lowest BCUT2D eigenvalue weighted by atomic mass is 9.88. The summed E-state index contributed by atoms with van der Waals surface area (Å²) < 4.78 is 12.7. The summed E-state index contributed by atoms with van der Waals surface area (Å²) in [5.74, 6) is 6.00. The lowest BCUT2D eigenvalue weighted by Crippen LogP contribution is -1.92. The van der Waals surface area contributed by atoms with Gasteiger partial charge in [0.15, 0.2) is 0 Å². The van der Waals surface area contributed by atoms with Crippen LogP contribution in [0.5, 0.6) is 0 Å². The van der Waals surface area contributed by atoms with Crippen LogP contribution < -0.4 is 0 Å². The highest BCUT2D eigenvalue weighted by Crippen LogP contribution is 2.41. The van der Waals surface area contributed by atoms with Crippen molar-refractivity contribution in [2.45, 2.75) is 0 Å². The van der Waals surface area contributed by atoms with E-state index in [1.54, 1.807) is 0 Å². The number of rotatable bonds is 2. The summed E-state index contributed by atoms with van der Waals surface area (Å²) in [5.41, 5.74) is 9.17. The van der Waals surface area contributed by atoms with Gasteiger partial charge in [0, 0.05) is 43.8 Å². The molecule has 0 fully saturated rings. The summed E-state index contributed by atoms with van der Waals surface area (Å²) in [6.07, 6.45) is 12.5. The second-order valence-electron chi connectivity index (χ2n) is 11.1. The topological polar surface area (TPSA) is 26.3 Å². The molecule has 44 heavy (non-hydrogen) atoms. The number of benzene rings is 7. The molecule has 0 N–H and O–H groups in total. The molecule has 2 nitrogen and oxygen atoms in total. The van der Waals surface area contributed by atoms with Crippen LogP contribution >= 0.6 is 0 Å². The van der Waals surface area contributed by atoms with E-state index in [0.29, 0.717) is 0 Å². The highest BCUT2D eigenvalue weighted by Gasteiger charge is 2.18. The van der Waals surface area contributed by atoms with Crippen LogP contribution in [0.3, 0.4) is 0 Å². The van der Waals surface area contributed by atoms with Gasteiger partial charge in [0.05, 0.1) is 0 Å². The maximum atomic E-state index is 6.35. The first-order valence-electron chi connectivity index (χ1n) is 14.5. The van der Waals surface area contributed by atoms with Crippen LogP contribution in [0.4, 0.5) is 0 Å². The van der Waals surface area contributed by atoms with Crippen LogP contribution in [0.25, 0.3) is 87.7 Å². The first-order chi connectivity index (χ1) is 21.7. The zero-order chi connectivity index (χ0) is 29.4. The summed E-state index contributed by atoms with van der Waals surface area (Å²) in [6, 6.07) is 41.5. The fraction of sp³-hybridized carbons (Fsp3) is 0. The molecular formula is C42H22O2. The van der Waals surface area contributed by atoms with E-state index in [1.165, 1.54) is 0 Å². The SMILES string of the molecule is C#Cc1c2ccc(-c3cccc4c3oc3ccccc34)cc2c(C#C)c2ccc(-c3cccc4c3oc3ccccc34)cc12. The van der Waals surface area contributed by atoms with Gasteiger partial charge in [-0.3, -0.25) is 0 Å². The monoisotopic (exact) mass is 558 g/mol. The molecular weight excluding hydrogens is 536 g/mol. The maximum Gasteiger partial charge on any atom is 0.143 e. The van der Waals surface area contributed by atoms with E-state index in [4.69, 9.17) is 21.7 Å². The quantitative estimate of drug-likeness (QED) is 0.156. The van der Waals surface area contributed by atoms with Gasteiger partial charge >= 0.3 is 0 Å². The molecule has 9 rings (SSSR count). The largest absolute Gasteiger partial charge is 0.455 e. The van der Waals surface area contributed by atoms with Gasteiger partial charge in [-0.25, -0.2) is 0 Å². The lowest BCUT2D eigenvalue weighted by Gasteiger charge is -2.14. The van der Waals surface area contributed by atoms with Gasteiger partial charge in [0.25, 0.3) is 0 Å². The first kappa shape index (κ1) is 24.4. The molecule has 0 radical (unpaired) electrons. The summed E-state index contributed by atoms with van der Waals surface area (Å²) in [6.45, 7) is 0. The lowest BCUT2D eigenvalue weighted by molar-refractivity contribution is 0.669. The molecule has 7 aromatic carbocycles. The van der Waals surface area contributed by atoms with Gasteiger partial charge in [-0.05, 0) is 56.9 Å². The fourth-order valence-corrected chi connectivity index (χ4v) is 6.82. The summed E-state index contributed by atoms with van der Waals surface area (Å²) >= 11 is 0. The molecule has 2 aromatic heterocycles. The van der Waals surface area contributed by atoms with E-state index in [0.717, 1.165) is 98.8 Å². The molecule has 0 aliphatic carbocycles. The van der Waals surface area contributed by atoms with Crippen molar-refractivity contribution in [3.8, 4) is 46.9 Å². The average molecular weight is 559 g/mol. The van der Waals surface area contributed by atoms with E-state index in [1.807, 2.05) is 36.4 Å². The van der Waals surface area contributed by atoms with Gasteiger partial charge in [-0.2, -0.15) is 0 Å². The van der Waals surface area contributed by atoms with Crippen molar-refractivity contribution in [1.82, 2.24) is 0 Å². The van der Waals surface area contributed by atoms with Crippen LogP contribution in [0.15, 0.2) is 130 Å². The molecule has 9 aromatic rings. The van der Waals surface area contributed by atoms with E-state index >= 15 is 0 Å². The molecule has 0 bridgehead atoms. The molecule has 0 atom stereocenters. The average Bonchev–Trinajstić information content (AvgIpc) is 3.65. The fourth-order valence-electron chi connectivity index (χ4n) is 6.82. The highest BCUT2D eigenvalue weighted by atomic mass is 16.3. The Morgan fingerprint density at radius 1 is 0.386 bits per heavy atom. The van der Waals surface area contributed by atoms with Gasteiger partial charge in [0.2, 0.25) is 0 Å². The normalized spacial score (nSPS) is 11.6. The van der Waals surface area contributed by atoms with E-state index < -0.39 is 0 Å². The molecule has 0 aliphatic heterocycles. The number of para-hydroxylation sites is 4. The minimum absolute atomic E-state index is 0.820. The smallest absolute Gasteiger partial charge is 0.143 e. The van der Waals surface area contributed by atoms with Crippen molar-refractivity contribution < 1.29 is 8.83 Å². The van der Waals surface area contributed by atoms with E-state index in [-0.39, 0.29) is 0 Å².